The molecule has 1 aliphatic rings. The van der Waals surface area contributed by atoms with Crippen LogP contribution in [0.25, 0.3) is 0 Å². The summed E-state index contributed by atoms with van der Waals surface area (Å²) in [5.74, 6) is 0.611. The summed E-state index contributed by atoms with van der Waals surface area (Å²) in [6.45, 7) is 1.32. The van der Waals surface area contributed by atoms with Gasteiger partial charge in [-0.3, -0.25) is 4.98 Å². The SMILES string of the molecule is O=S(=O)(Cc1ccccc1)N1CCn2nnc(COc3cccnc3)c2C1. The molecule has 0 saturated heterocycles. The van der Waals surface area contributed by atoms with E-state index in [2.05, 4.69) is 15.3 Å². The fourth-order valence-corrected chi connectivity index (χ4v) is 4.46. The van der Waals surface area contributed by atoms with Crippen molar-refractivity contribution in [3.63, 3.8) is 0 Å². The van der Waals surface area contributed by atoms with Gasteiger partial charge in [0.2, 0.25) is 10.0 Å². The summed E-state index contributed by atoms with van der Waals surface area (Å²) in [4.78, 5) is 4.00. The second-order valence-corrected chi connectivity index (χ2v) is 8.23. The highest BCUT2D eigenvalue weighted by atomic mass is 32.2. The van der Waals surface area contributed by atoms with Crippen molar-refractivity contribution in [1.29, 1.82) is 0 Å². The smallest absolute Gasteiger partial charge is 0.218 e. The maximum atomic E-state index is 12.8. The molecule has 27 heavy (non-hydrogen) atoms. The summed E-state index contributed by atoms with van der Waals surface area (Å²) in [7, 11) is -3.43. The lowest BCUT2D eigenvalue weighted by molar-refractivity contribution is 0.290. The van der Waals surface area contributed by atoms with Gasteiger partial charge < -0.3 is 4.74 Å². The van der Waals surface area contributed by atoms with Crippen LogP contribution in [-0.2, 0) is 35.5 Å². The van der Waals surface area contributed by atoms with E-state index in [1.165, 1.54) is 4.31 Å². The van der Waals surface area contributed by atoms with Gasteiger partial charge in [0.25, 0.3) is 0 Å². The summed E-state index contributed by atoms with van der Waals surface area (Å²) in [6.07, 6.45) is 3.29. The van der Waals surface area contributed by atoms with E-state index in [0.717, 1.165) is 11.3 Å². The standard InChI is InChI=1S/C18H19N5O3S/c24-27(25,14-15-5-2-1-3-6-15)22-9-10-23-18(12-22)17(20-21-23)13-26-16-7-4-8-19-11-16/h1-8,11H,9-10,12-14H2. The zero-order valence-corrected chi connectivity index (χ0v) is 15.4. The largest absolute Gasteiger partial charge is 0.486 e. The van der Waals surface area contributed by atoms with Crippen molar-refractivity contribution in [3.05, 3.63) is 71.8 Å². The maximum absolute atomic E-state index is 12.8. The first-order valence-corrected chi connectivity index (χ1v) is 10.2. The zero-order chi connectivity index (χ0) is 18.7. The number of ether oxygens (including phenoxy) is 1. The van der Waals surface area contributed by atoms with Crippen LogP contribution in [0.3, 0.4) is 0 Å². The van der Waals surface area contributed by atoms with Crippen LogP contribution in [0, 0.1) is 0 Å². The Labute approximate surface area is 157 Å². The summed E-state index contributed by atoms with van der Waals surface area (Å²) >= 11 is 0. The van der Waals surface area contributed by atoms with E-state index >= 15 is 0 Å². The first-order valence-electron chi connectivity index (χ1n) is 8.58. The van der Waals surface area contributed by atoms with Crippen LogP contribution in [0.4, 0.5) is 0 Å². The van der Waals surface area contributed by atoms with Gasteiger partial charge in [-0.15, -0.1) is 5.10 Å². The Kier molecular flexibility index (Phi) is 4.87. The van der Waals surface area contributed by atoms with Gasteiger partial charge in [0, 0.05) is 12.7 Å². The van der Waals surface area contributed by atoms with Crippen molar-refractivity contribution in [2.24, 2.45) is 0 Å². The number of aromatic nitrogens is 4. The van der Waals surface area contributed by atoms with Crippen molar-refractivity contribution in [2.45, 2.75) is 25.4 Å². The molecule has 1 aromatic carbocycles. The number of pyridine rings is 1. The number of hydrogen-bond donors (Lipinski definition) is 0. The highest BCUT2D eigenvalue weighted by Crippen LogP contribution is 2.21. The van der Waals surface area contributed by atoms with E-state index < -0.39 is 10.0 Å². The molecule has 0 spiro atoms. The van der Waals surface area contributed by atoms with Gasteiger partial charge in [-0.05, 0) is 17.7 Å². The lowest BCUT2D eigenvalue weighted by Crippen LogP contribution is -2.39. The minimum absolute atomic E-state index is 0.0169. The molecule has 2 aromatic heterocycles. The van der Waals surface area contributed by atoms with Gasteiger partial charge >= 0.3 is 0 Å². The first kappa shape index (κ1) is 17.6. The van der Waals surface area contributed by atoms with Crippen LogP contribution >= 0.6 is 0 Å². The molecule has 3 aromatic rings. The molecule has 0 radical (unpaired) electrons. The topological polar surface area (TPSA) is 90.2 Å². The summed E-state index contributed by atoms with van der Waals surface area (Å²) < 4.78 is 34.6. The third-order valence-corrected chi connectivity index (χ3v) is 6.20. The Hall–Kier alpha value is -2.78. The second-order valence-electron chi connectivity index (χ2n) is 6.26. The van der Waals surface area contributed by atoms with Crippen molar-refractivity contribution >= 4 is 10.0 Å². The average Bonchev–Trinajstić information content (AvgIpc) is 3.10. The molecule has 8 nitrogen and oxygen atoms in total. The fraction of sp³-hybridized carbons (Fsp3) is 0.278. The number of benzene rings is 1. The maximum Gasteiger partial charge on any atom is 0.218 e. The highest BCUT2D eigenvalue weighted by molar-refractivity contribution is 7.88. The molecular weight excluding hydrogens is 366 g/mol. The van der Waals surface area contributed by atoms with E-state index in [1.807, 2.05) is 30.3 Å². The lowest BCUT2D eigenvalue weighted by atomic mass is 10.2. The fourth-order valence-electron chi connectivity index (χ4n) is 2.98. The Morgan fingerprint density at radius 2 is 1.93 bits per heavy atom. The van der Waals surface area contributed by atoms with Crippen molar-refractivity contribution < 1.29 is 13.2 Å². The van der Waals surface area contributed by atoms with Gasteiger partial charge in [-0.25, -0.2) is 13.1 Å². The summed E-state index contributed by atoms with van der Waals surface area (Å²) in [5, 5.41) is 8.28. The van der Waals surface area contributed by atoms with Gasteiger partial charge in [0.1, 0.15) is 18.1 Å². The number of fused-ring (bicyclic) bond motifs is 1. The highest BCUT2D eigenvalue weighted by Gasteiger charge is 2.30. The van der Waals surface area contributed by atoms with Gasteiger partial charge in [-0.1, -0.05) is 35.5 Å². The molecule has 1 aliphatic heterocycles. The number of sulfonamides is 1. The molecule has 0 amide bonds. The van der Waals surface area contributed by atoms with E-state index in [9.17, 15) is 8.42 Å². The molecule has 0 unspecified atom stereocenters. The Bertz CT molecular complexity index is 1010. The second kappa shape index (κ2) is 7.45. The van der Waals surface area contributed by atoms with Crippen molar-refractivity contribution in [1.82, 2.24) is 24.3 Å². The van der Waals surface area contributed by atoms with Crippen LogP contribution in [0.1, 0.15) is 17.0 Å². The minimum Gasteiger partial charge on any atom is -0.486 e. The molecule has 0 aliphatic carbocycles. The number of nitrogens with zero attached hydrogens (tertiary/aromatic N) is 5. The zero-order valence-electron chi connectivity index (χ0n) is 14.6. The summed E-state index contributed by atoms with van der Waals surface area (Å²) in [5.41, 5.74) is 2.18. The molecule has 0 atom stereocenters. The van der Waals surface area contributed by atoms with Crippen LogP contribution in [-0.4, -0.2) is 39.2 Å². The third-order valence-electron chi connectivity index (χ3n) is 4.40. The van der Waals surface area contributed by atoms with Gasteiger partial charge in [-0.2, -0.15) is 4.31 Å². The molecule has 0 bridgehead atoms. The molecule has 0 fully saturated rings. The number of rotatable bonds is 6. The predicted molar refractivity (Wildman–Crippen MR) is 98.1 cm³/mol. The molecule has 4 rings (SSSR count). The van der Waals surface area contributed by atoms with E-state index in [1.54, 1.807) is 29.2 Å². The van der Waals surface area contributed by atoms with Crippen LogP contribution in [0.2, 0.25) is 0 Å². The van der Waals surface area contributed by atoms with Crippen LogP contribution < -0.4 is 4.74 Å². The molecule has 0 saturated carbocycles. The predicted octanol–water partition coefficient (Wildman–Crippen LogP) is 1.60. The Balaban J connectivity index is 1.48. The summed E-state index contributed by atoms with van der Waals surface area (Å²) in [6, 6.07) is 12.8. The van der Waals surface area contributed by atoms with E-state index in [0.29, 0.717) is 24.5 Å². The molecule has 9 heteroatoms. The quantitative estimate of drug-likeness (QED) is 0.640. The van der Waals surface area contributed by atoms with E-state index in [4.69, 9.17) is 4.74 Å². The molecular formula is C18H19N5O3S. The normalized spacial score (nSPS) is 14.7. The van der Waals surface area contributed by atoms with Crippen molar-refractivity contribution in [2.75, 3.05) is 6.54 Å². The average molecular weight is 385 g/mol. The van der Waals surface area contributed by atoms with Gasteiger partial charge in [0.05, 0.1) is 30.7 Å². The molecule has 0 N–H and O–H groups in total. The lowest BCUT2D eigenvalue weighted by Gasteiger charge is -2.27. The van der Waals surface area contributed by atoms with Crippen LogP contribution in [0.5, 0.6) is 5.75 Å². The number of hydrogen-bond acceptors (Lipinski definition) is 6. The Morgan fingerprint density at radius 1 is 1.07 bits per heavy atom. The third kappa shape index (κ3) is 3.99. The van der Waals surface area contributed by atoms with Gasteiger partial charge in [0.15, 0.2) is 0 Å². The monoisotopic (exact) mass is 385 g/mol. The van der Waals surface area contributed by atoms with Crippen molar-refractivity contribution in [3.8, 4) is 5.75 Å². The molecule has 3 heterocycles. The Morgan fingerprint density at radius 3 is 2.70 bits per heavy atom. The minimum atomic E-state index is -3.43. The van der Waals surface area contributed by atoms with Crippen LogP contribution in [0.15, 0.2) is 54.9 Å². The molecule has 140 valence electrons. The first-order chi connectivity index (χ1) is 13.1. The van der Waals surface area contributed by atoms with E-state index in [-0.39, 0.29) is 18.9 Å².